The summed E-state index contributed by atoms with van der Waals surface area (Å²) in [6, 6.07) is 14.1. The highest BCUT2D eigenvalue weighted by molar-refractivity contribution is 5.95. The van der Waals surface area contributed by atoms with E-state index in [9.17, 15) is 9.59 Å². The van der Waals surface area contributed by atoms with E-state index in [1.165, 1.54) is 14.2 Å². The number of nitrogens with one attached hydrogen (secondary N) is 2. The second-order valence-electron chi connectivity index (χ2n) is 7.19. The number of amides is 2. The maximum Gasteiger partial charge on any atom is 0.338 e. The van der Waals surface area contributed by atoms with Gasteiger partial charge in [0.05, 0.1) is 32.9 Å². The summed E-state index contributed by atoms with van der Waals surface area (Å²) in [4.78, 5) is 27.2. The monoisotopic (exact) mass is 425 g/mol. The van der Waals surface area contributed by atoms with Crippen molar-refractivity contribution in [1.29, 1.82) is 0 Å². The van der Waals surface area contributed by atoms with Crippen LogP contribution in [0, 0.1) is 0 Å². The van der Waals surface area contributed by atoms with E-state index in [4.69, 9.17) is 14.2 Å². The van der Waals surface area contributed by atoms with E-state index in [0.29, 0.717) is 41.4 Å². The summed E-state index contributed by atoms with van der Waals surface area (Å²) in [5.74, 6) is 0.535. The van der Waals surface area contributed by atoms with Gasteiger partial charge in [0.15, 0.2) is 11.5 Å². The Hall–Kier alpha value is -3.52. The molecule has 0 saturated carbocycles. The van der Waals surface area contributed by atoms with E-state index in [1.807, 2.05) is 42.3 Å². The van der Waals surface area contributed by atoms with Gasteiger partial charge in [0.25, 0.3) is 0 Å². The molecule has 2 aromatic rings. The van der Waals surface area contributed by atoms with E-state index in [0.717, 1.165) is 5.56 Å². The van der Waals surface area contributed by atoms with E-state index in [1.54, 1.807) is 25.3 Å². The molecule has 0 radical (unpaired) electrons. The molecule has 2 N–H and O–H groups in total. The zero-order valence-corrected chi connectivity index (χ0v) is 18.1. The third kappa shape index (κ3) is 5.16. The molecule has 0 saturated heterocycles. The average Bonchev–Trinajstić information content (AvgIpc) is 2.78. The average molecular weight is 425 g/mol. The Labute approximate surface area is 181 Å². The molecule has 1 aliphatic heterocycles. The number of carbonyl (C=O) groups is 2. The number of ether oxygens (including phenoxy) is 3. The summed E-state index contributed by atoms with van der Waals surface area (Å²) in [6.45, 7) is 1.01. The first-order valence-corrected chi connectivity index (χ1v) is 9.80. The number of hydrogen-bond acceptors (Lipinski definition) is 6. The summed E-state index contributed by atoms with van der Waals surface area (Å²) >= 11 is 0. The number of urea groups is 1. The fourth-order valence-electron chi connectivity index (χ4n) is 3.60. The number of esters is 1. The predicted octanol–water partition coefficient (Wildman–Crippen LogP) is 2.62. The second-order valence-corrected chi connectivity index (χ2v) is 7.19. The molecule has 0 spiro atoms. The maximum atomic E-state index is 12.7. The normalized spacial score (nSPS) is 15.9. The number of likely N-dealkylation sites (N-methyl/N-ethyl adjacent to an activating group) is 1. The molecule has 3 rings (SSSR count). The molecule has 0 aliphatic carbocycles. The van der Waals surface area contributed by atoms with E-state index in [-0.39, 0.29) is 0 Å². The molecule has 1 heterocycles. The number of rotatable bonds is 8. The van der Waals surface area contributed by atoms with Crippen LogP contribution in [0.4, 0.5) is 4.79 Å². The van der Waals surface area contributed by atoms with Gasteiger partial charge in [-0.2, -0.15) is 0 Å². The zero-order valence-electron chi connectivity index (χ0n) is 18.1. The summed E-state index contributed by atoms with van der Waals surface area (Å²) in [7, 11) is 6.32. The Kier molecular flexibility index (Phi) is 7.15. The van der Waals surface area contributed by atoms with Crippen LogP contribution in [0.25, 0.3) is 0 Å². The third-order valence-electron chi connectivity index (χ3n) is 5.02. The smallest absolute Gasteiger partial charge is 0.338 e. The van der Waals surface area contributed by atoms with Crippen LogP contribution in [0.1, 0.15) is 17.2 Å². The standard InChI is InChI=1S/C23H27N3O5/c1-26(13-15-8-6-5-7-9-15)14-17-20(22(27)31-4)21(25-23(28)24-17)16-10-11-18(29-2)19(12-16)30-3/h5-12,21H,13-14H2,1-4H3,(H2,24,25,28)/t21-/m1/s1. The first-order valence-electron chi connectivity index (χ1n) is 9.80. The highest BCUT2D eigenvalue weighted by Gasteiger charge is 2.34. The third-order valence-corrected chi connectivity index (χ3v) is 5.02. The molecule has 2 aromatic carbocycles. The van der Waals surface area contributed by atoms with Crippen LogP contribution < -0.4 is 20.1 Å². The Balaban J connectivity index is 1.96. The highest BCUT2D eigenvalue weighted by atomic mass is 16.5. The van der Waals surface area contributed by atoms with Gasteiger partial charge in [-0.25, -0.2) is 9.59 Å². The number of nitrogens with zero attached hydrogens (tertiary/aromatic N) is 1. The molecule has 1 aliphatic rings. The minimum Gasteiger partial charge on any atom is -0.493 e. The maximum absolute atomic E-state index is 12.7. The van der Waals surface area contributed by atoms with Crippen LogP contribution in [0.2, 0.25) is 0 Å². The molecular weight excluding hydrogens is 398 g/mol. The molecule has 31 heavy (non-hydrogen) atoms. The number of methoxy groups -OCH3 is 3. The van der Waals surface area contributed by atoms with Crippen LogP contribution in [0.3, 0.4) is 0 Å². The quantitative estimate of drug-likeness (QED) is 0.632. The fraction of sp³-hybridized carbons (Fsp3) is 0.304. The van der Waals surface area contributed by atoms with Crippen molar-refractivity contribution in [3.05, 3.63) is 70.9 Å². The molecule has 1 atom stereocenters. The van der Waals surface area contributed by atoms with Gasteiger partial charge in [0.1, 0.15) is 0 Å². The molecule has 0 fully saturated rings. The van der Waals surface area contributed by atoms with Crippen molar-refractivity contribution >= 4 is 12.0 Å². The second kappa shape index (κ2) is 9.99. The number of hydrogen-bond donors (Lipinski definition) is 2. The number of carbonyl (C=O) groups excluding carboxylic acids is 2. The van der Waals surface area contributed by atoms with Crippen molar-refractivity contribution in [1.82, 2.24) is 15.5 Å². The fourth-order valence-corrected chi connectivity index (χ4v) is 3.60. The summed E-state index contributed by atoms with van der Waals surface area (Å²) in [6.07, 6.45) is 0. The van der Waals surface area contributed by atoms with Crippen molar-refractivity contribution in [3.63, 3.8) is 0 Å². The Morgan fingerprint density at radius 2 is 1.71 bits per heavy atom. The van der Waals surface area contributed by atoms with Gasteiger partial charge in [-0.15, -0.1) is 0 Å². The SMILES string of the molecule is COC(=O)C1=C(CN(C)Cc2ccccc2)NC(=O)N[C@@H]1c1ccc(OC)c(OC)c1. The summed E-state index contributed by atoms with van der Waals surface area (Å²) < 4.78 is 15.7. The summed E-state index contributed by atoms with van der Waals surface area (Å²) in [5.41, 5.74) is 2.64. The van der Waals surface area contributed by atoms with Crippen LogP contribution in [-0.2, 0) is 16.1 Å². The molecule has 8 heteroatoms. The van der Waals surface area contributed by atoms with Gasteiger partial charge < -0.3 is 24.8 Å². The van der Waals surface area contributed by atoms with Gasteiger partial charge in [-0.3, -0.25) is 4.90 Å². The Morgan fingerprint density at radius 3 is 2.35 bits per heavy atom. The van der Waals surface area contributed by atoms with Gasteiger partial charge in [-0.05, 0) is 30.3 Å². The van der Waals surface area contributed by atoms with Crippen LogP contribution >= 0.6 is 0 Å². The lowest BCUT2D eigenvalue weighted by atomic mass is 9.94. The van der Waals surface area contributed by atoms with Gasteiger partial charge in [0.2, 0.25) is 0 Å². The van der Waals surface area contributed by atoms with Gasteiger partial charge in [0, 0.05) is 18.8 Å². The van der Waals surface area contributed by atoms with Crippen LogP contribution in [0.15, 0.2) is 59.8 Å². The van der Waals surface area contributed by atoms with Crippen molar-refractivity contribution in [2.75, 3.05) is 34.9 Å². The Morgan fingerprint density at radius 1 is 1.00 bits per heavy atom. The number of benzene rings is 2. The van der Waals surface area contributed by atoms with Crippen molar-refractivity contribution < 1.29 is 23.8 Å². The van der Waals surface area contributed by atoms with Crippen LogP contribution in [0.5, 0.6) is 11.5 Å². The van der Waals surface area contributed by atoms with E-state index < -0.39 is 18.0 Å². The topological polar surface area (TPSA) is 89.1 Å². The first-order chi connectivity index (χ1) is 15.0. The molecule has 0 bridgehead atoms. The lowest BCUT2D eigenvalue weighted by molar-refractivity contribution is -0.136. The largest absolute Gasteiger partial charge is 0.493 e. The van der Waals surface area contributed by atoms with Crippen LogP contribution in [-0.4, -0.2) is 51.8 Å². The molecule has 0 unspecified atom stereocenters. The molecule has 2 amide bonds. The minimum atomic E-state index is -0.693. The van der Waals surface area contributed by atoms with Crippen molar-refractivity contribution in [3.8, 4) is 11.5 Å². The Bertz CT molecular complexity index is 974. The molecule has 0 aromatic heterocycles. The van der Waals surface area contributed by atoms with Gasteiger partial charge in [-0.1, -0.05) is 36.4 Å². The van der Waals surface area contributed by atoms with Crippen molar-refractivity contribution in [2.45, 2.75) is 12.6 Å². The lowest BCUT2D eigenvalue weighted by Gasteiger charge is -2.31. The lowest BCUT2D eigenvalue weighted by Crippen LogP contribution is -2.48. The molecule has 164 valence electrons. The van der Waals surface area contributed by atoms with E-state index in [2.05, 4.69) is 10.6 Å². The molecular formula is C23H27N3O5. The van der Waals surface area contributed by atoms with Gasteiger partial charge >= 0.3 is 12.0 Å². The first kappa shape index (κ1) is 22.2. The van der Waals surface area contributed by atoms with Crippen molar-refractivity contribution in [2.24, 2.45) is 0 Å². The zero-order chi connectivity index (χ0) is 22.4. The predicted molar refractivity (Wildman–Crippen MR) is 116 cm³/mol. The minimum absolute atomic E-state index is 0.342. The van der Waals surface area contributed by atoms with E-state index >= 15 is 0 Å². The highest BCUT2D eigenvalue weighted by Crippen LogP contribution is 2.34. The molecule has 8 nitrogen and oxygen atoms in total. The summed E-state index contributed by atoms with van der Waals surface area (Å²) in [5, 5.41) is 5.60.